The van der Waals surface area contributed by atoms with E-state index in [1.165, 1.54) is 36.4 Å². The van der Waals surface area contributed by atoms with Gasteiger partial charge in [-0.3, -0.25) is 4.79 Å². The average molecular weight is 490 g/mol. The molecule has 1 heterocycles. The molecule has 36 heavy (non-hydrogen) atoms. The molecule has 3 aromatic rings. The van der Waals surface area contributed by atoms with Gasteiger partial charge in [-0.1, -0.05) is 12.1 Å². The van der Waals surface area contributed by atoms with Crippen molar-refractivity contribution < 1.29 is 29.3 Å². The minimum absolute atomic E-state index is 0.0326. The Morgan fingerprint density at radius 3 is 2.17 bits per heavy atom. The number of carbonyl (C=O) groups is 2. The second-order valence-electron chi connectivity index (χ2n) is 10.2. The molecule has 2 aliphatic rings. The number of aromatic hydroxyl groups is 2. The van der Waals surface area contributed by atoms with Gasteiger partial charge in [0.1, 0.15) is 17.3 Å². The smallest absolute Gasteiger partial charge is 0.335 e. The average Bonchev–Trinajstić information content (AvgIpc) is 3.17. The van der Waals surface area contributed by atoms with Crippen molar-refractivity contribution in [1.29, 1.82) is 0 Å². The molecule has 1 spiro atoms. The van der Waals surface area contributed by atoms with Crippen molar-refractivity contribution in [2.45, 2.75) is 38.5 Å². The summed E-state index contributed by atoms with van der Waals surface area (Å²) in [6.07, 6.45) is 4.93. The van der Waals surface area contributed by atoms with Crippen molar-refractivity contribution in [3.05, 3.63) is 77.6 Å². The first-order valence-corrected chi connectivity index (χ1v) is 12.2. The van der Waals surface area contributed by atoms with E-state index in [0.717, 1.165) is 43.4 Å². The molecular weight excluding hydrogens is 461 g/mol. The first-order valence-electron chi connectivity index (χ1n) is 12.2. The number of aromatic carboxylic acids is 1. The zero-order valence-electron chi connectivity index (χ0n) is 19.8. The van der Waals surface area contributed by atoms with Gasteiger partial charge in [0.2, 0.25) is 5.91 Å². The van der Waals surface area contributed by atoms with Crippen LogP contribution in [0.25, 0.3) is 11.1 Å². The van der Waals surface area contributed by atoms with Crippen molar-refractivity contribution in [3.8, 4) is 22.6 Å². The number of benzene rings is 3. The molecule has 1 saturated heterocycles. The number of anilines is 1. The molecule has 3 N–H and O–H groups in total. The summed E-state index contributed by atoms with van der Waals surface area (Å²) in [5.74, 6) is -0.985. The summed E-state index contributed by atoms with van der Waals surface area (Å²) in [7, 11) is 0. The third kappa shape index (κ3) is 4.65. The maximum atomic E-state index is 13.2. The first-order chi connectivity index (χ1) is 17.2. The third-order valence-corrected chi connectivity index (χ3v) is 7.73. The summed E-state index contributed by atoms with van der Waals surface area (Å²) in [5, 5.41) is 30.3. The number of carboxylic acid groups (broad SMARTS) is 1. The van der Waals surface area contributed by atoms with Crippen LogP contribution in [-0.4, -0.2) is 33.7 Å². The number of hydrogen-bond acceptors (Lipinski definition) is 4. The summed E-state index contributed by atoms with van der Waals surface area (Å²) in [4.78, 5) is 25.7. The number of carboxylic acids is 1. The summed E-state index contributed by atoms with van der Waals surface area (Å²) in [6, 6.07) is 15.4. The van der Waals surface area contributed by atoms with E-state index in [1.807, 2.05) is 0 Å². The molecule has 7 heteroatoms. The molecule has 1 aliphatic heterocycles. The van der Waals surface area contributed by atoms with E-state index in [-0.39, 0.29) is 34.2 Å². The van der Waals surface area contributed by atoms with Gasteiger partial charge in [-0.15, -0.1) is 0 Å². The van der Waals surface area contributed by atoms with Crippen LogP contribution in [0.2, 0.25) is 0 Å². The van der Waals surface area contributed by atoms with Gasteiger partial charge < -0.3 is 20.2 Å². The van der Waals surface area contributed by atoms with Gasteiger partial charge in [-0.25, -0.2) is 9.18 Å². The largest absolute Gasteiger partial charge is 0.507 e. The zero-order chi connectivity index (χ0) is 25.4. The molecular formula is C29H28FNO5. The first kappa shape index (κ1) is 23.9. The highest BCUT2D eigenvalue weighted by molar-refractivity contribution is 5.97. The minimum Gasteiger partial charge on any atom is -0.507 e. The highest BCUT2D eigenvalue weighted by atomic mass is 19.1. The van der Waals surface area contributed by atoms with E-state index in [4.69, 9.17) is 5.11 Å². The van der Waals surface area contributed by atoms with E-state index in [9.17, 15) is 24.2 Å². The van der Waals surface area contributed by atoms with E-state index in [0.29, 0.717) is 30.0 Å². The van der Waals surface area contributed by atoms with Gasteiger partial charge in [0.25, 0.3) is 0 Å². The predicted octanol–water partition coefficient (Wildman–Crippen LogP) is 5.76. The van der Waals surface area contributed by atoms with Crippen molar-refractivity contribution >= 4 is 17.6 Å². The van der Waals surface area contributed by atoms with Gasteiger partial charge in [0.15, 0.2) is 0 Å². The Kier molecular flexibility index (Phi) is 6.16. The van der Waals surface area contributed by atoms with Gasteiger partial charge >= 0.3 is 5.97 Å². The quantitative estimate of drug-likeness (QED) is 0.423. The Morgan fingerprint density at radius 1 is 0.972 bits per heavy atom. The SMILES string of the molecule is O=C(O)c1ccc(N2CC3(CCC(Cc4cc(O)c(-c5ccc(F)cc5)c(O)c4)CC3)CC2=O)cc1. The van der Waals surface area contributed by atoms with E-state index < -0.39 is 5.97 Å². The fraction of sp³-hybridized carbons (Fsp3) is 0.310. The molecule has 0 aromatic heterocycles. The van der Waals surface area contributed by atoms with Crippen LogP contribution in [0.15, 0.2) is 60.7 Å². The summed E-state index contributed by atoms with van der Waals surface area (Å²) >= 11 is 0. The maximum absolute atomic E-state index is 13.2. The number of amides is 1. The van der Waals surface area contributed by atoms with Crippen LogP contribution in [0.3, 0.4) is 0 Å². The standard InChI is InChI=1S/C29H28FNO5/c30-22-5-1-20(2-6-22)27-24(32)14-19(15-25(27)33)13-18-9-11-29(12-10-18)16-26(34)31(17-29)23-7-3-21(4-8-23)28(35)36/h1-8,14-15,18,32-33H,9-13,16-17H2,(H,35,36). The molecule has 3 aromatic carbocycles. The second kappa shape index (κ2) is 9.30. The monoisotopic (exact) mass is 489 g/mol. The lowest BCUT2D eigenvalue weighted by Crippen LogP contribution is -2.32. The Morgan fingerprint density at radius 2 is 1.58 bits per heavy atom. The number of halogens is 1. The number of hydrogen-bond donors (Lipinski definition) is 3. The van der Waals surface area contributed by atoms with Crippen molar-refractivity contribution in [3.63, 3.8) is 0 Å². The Hall–Kier alpha value is -3.87. The molecule has 0 unspecified atom stereocenters. The topological polar surface area (TPSA) is 98.1 Å². The molecule has 1 saturated carbocycles. The predicted molar refractivity (Wildman–Crippen MR) is 134 cm³/mol. The highest BCUT2D eigenvalue weighted by Gasteiger charge is 2.45. The fourth-order valence-electron chi connectivity index (χ4n) is 5.78. The molecule has 0 radical (unpaired) electrons. The highest BCUT2D eigenvalue weighted by Crippen LogP contribution is 2.48. The van der Waals surface area contributed by atoms with Gasteiger partial charge in [0, 0.05) is 18.7 Å². The number of phenols is 2. The molecule has 6 nitrogen and oxygen atoms in total. The normalized spacial score (nSPS) is 21.8. The van der Waals surface area contributed by atoms with Crippen molar-refractivity contribution in [2.75, 3.05) is 11.4 Å². The lowest BCUT2D eigenvalue weighted by atomic mass is 9.69. The van der Waals surface area contributed by atoms with Crippen LogP contribution >= 0.6 is 0 Å². The molecule has 1 aliphatic carbocycles. The minimum atomic E-state index is -0.990. The number of rotatable bonds is 5. The van der Waals surface area contributed by atoms with Crippen LogP contribution in [0, 0.1) is 17.2 Å². The number of phenolic OH excluding ortho intramolecular Hbond substituents is 2. The summed E-state index contributed by atoms with van der Waals surface area (Å²) in [6.45, 7) is 0.638. The number of nitrogens with zero attached hydrogens (tertiary/aromatic N) is 1. The van der Waals surface area contributed by atoms with Crippen molar-refractivity contribution in [2.24, 2.45) is 11.3 Å². The van der Waals surface area contributed by atoms with Gasteiger partial charge in [-0.05, 0) is 103 Å². The fourth-order valence-corrected chi connectivity index (χ4v) is 5.78. The summed E-state index contributed by atoms with van der Waals surface area (Å²) < 4.78 is 13.2. The lowest BCUT2D eigenvalue weighted by molar-refractivity contribution is -0.118. The molecule has 2 fully saturated rings. The third-order valence-electron chi connectivity index (χ3n) is 7.73. The second-order valence-corrected chi connectivity index (χ2v) is 10.2. The van der Waals surface area contributed by atoms with Gasteiger partial charge in [0.05, 0.1) is 11.1 Å². The van der Waals surface area contributed by atoms with E-state index in [2.05, 4.69) is 0 Å². The molecule has 186 valence electrons. The Balaban J connectivity index is 1.23. The Bertz CT molecular complexity index is 1270. The zero-order valence-corrected chi connectivity index (χ0v) is 19.8. The molecule has 1 amide bonds. The van der Waals surface area contributed by atoms with Crippen LogP contribution in [0.5, 0.6) is 11.5 Å². The molecule has 0 atom stereocenters. The van der Waals surface area contributed by atoms with Gasteiger partial charge in [-0.2, -0.15) is 0 Å². The van der Waals surface area contributed by atoms with Crippen molar-refractivity contribution in [1.82, 2.24) is 0 Å². The lowest BCUT2D eigenvalue weighted by Gasteiger charge is -2.36. The van der Waals surface area contributed by atoms with Crippen LogP contribution < -0.4 is 4.90 Å². The molecule has 5 rings (SSSR count). The van der Waals surface area contributed by atoms with E-state index in [1.54, 1.807) is 29.2 Å². The maximum Gasteiger partial charge on any atom is 0.335 e. The Labute approximate surface area is 208 Å². The van der Waals surface area contributed by atoms with Crippen LogP contribution in [0.1, 0.15) is 48.0 Å². The van der Waals surface area contributed by atoms with Crippen LogP contribution in [-0.2, 0) is 11.2 Å². The molecule has 0 bridgehead atoms. The van der Waals surface area contributed by atoms with Crippen LogP contribution in [0.4, 0.5) is 10.1 Å². The van der Waals surface area contributed by atoms with E-state index >= 15 is 0 Å². The number of carbonyl (C=O) groups excluding carboxylic acids is 1. The summed E-state index contributed by atoms with van der Waals surface area (Å²) in [5.41, 5.74) is 2.54.